The molecule has 1 fully saturated rings. The van der Waals surface area contributed by atoms with E-state index in [1.54, 1.807) is 0 Å². The highest BCUT2D eigenvalue weighted by Gasteiger charge is 2.54. The standard InChI is InChI=1S/C15H17NO9/c1-7(17)22-6-10-13(23-8(2)18)14(24-9(3)19)15(25-10)16-11(20)4-5-12(16)21/h4-5,10,13-15H,6H2,1-3H3/t10-,13+,14-,15+/m0/s1. The second-order valence-corrected chi connectivity index (χ2v) is 5.40. The molecule has 25 heavy (non-hydrogen) atoms. The quantitative estimate of drug-likeness (QED) is 0.349. The lowest BCUT2D eigenvalue weighted by Gasteiger charge is -2.27. The van der Waals surface area contributed by atoms with Crippen molar-refractivity contribution in [2.24, 2.45) is 0 Å². The van der Waals surface area contributed by atoms with Crippen molar-refractivity contribution in [2.45, 2.75) is 45.3 Å². The molecular weight excluding hydrogens is 338 g/mol. The minimum atomic E-state index is -1.32. The molecule has 0 bridgehead atoms. The van der Waals surface area contributed by atoms with Gasteiger partial charge in [-0.3, -0.25) is 24.0 Å². The first-order chi connectivity index (χ1) is 11.7. The Labute approximate surface area is 142 Å². The van der Waals surface area contributed by atoms with Gasteiger partial charge in [0, 0.05) is 32.9 Å². The number of carbonyl (C=O) groups excluding carboxylic acids is 5. The lowest BCUT2D eigenvalue weighted by molar-refractivity contribution is -0.172. The minimum Gasteiger partial charge on any atom is -0.463 e. The molecule has 0 aromatic heterocycles. The van der Waals surface area contributed by atoms with Crippen molar-refractivity contribution in [1.29, 1.82) is 0 Å². The van der Waals surface area contributed by atoms with Crippen molar-refractivity contribution in [3.8, 4) is 0 Å². The van der Waals surface area contributed by atoms with Gasteiger partial charge in [-0.1, -0.05) is 0 Å². The van der Waals surface area contributed by atoms with Crippen molar-refractivity contribution < 1.29 is 42.9 Å². The number of esters is 3. The summed E-state index contributed by atoms with van der Waals surface area (Å²) in [6.45, 7) is 3.11. The monoisotopic (exact) mass is 355 g/mol. The predicted octanol–water partition coefficient (Wildman–Crippen LogP) is -0.937. The van der Waals surface area contributed by atoms with Crippen LogP contribution in [0.3, 0.4) is 0 Å². The van der Waals surface area contributed by atoms with Gasteiger partial charge >= 0.3 is 17.9 Å². The molecule has 2 amide bonds. The summed E-state index contributed by atoms with van der Waals surface area (Å²) in [5.74, 6) is -3.36. The molecule has 136 valence electrons. The molecule has 4 atom stereocenters. The van der Waals surface area contributed by atoms with Crippen LogP contribution in [0.1, 0.15) is 20.8 Å². The smallest absolute Gasteiger partial charge is 0.303 e. The number of rotatable bonds is 5. The third kappa shape index (κ3) is 4.21. The molecule has 0 spiro atoms. The van der Waals surface area contributed by atoms with Crippen LogP contribution >= 0.6 is 0 Å². The highest BCUT2D eigenvalue weighted by atomic mass is 16.7. The number of imide groups is 1. The average molecular weight is 355 g/mol. The highest BCUT2D eigenvalue weighted by molar-refractivity contribution is 6.13. The van der Waals surface area contributed by atoms with Gasteiger partial charge in [0.25, 0.3) is 11.8 Å². The molecule has 0 aromatic rings. The van der Waals surface area contributed by atoms with E-state index < -0.39 is 54.3 Å². The van der Waals surface area contributed by atoms with E-state index in [1.165, 1.54) is 6.92 Å². The van der Waals surface area contributed by atoms with E-state index in [4.69, 9.17) is 18.9 Å². The minimum absolute atomic E-state index is 0.314. The average Bonchev–Trinajstić information content (AvgIpc) is 2.97. The van der Waals surface area contributed by atoms with Gasteiger partial charge in [-0.2, -0.15) is 0 Å². The van der Waals surface area contributed by atoms with Gasteiger partial charge in [0.15, 0.2) is 18.4 Å². The fourth-order valence-corrected chi connectivity index (χ4v) is 2.56. The van der Waals surface area contributed by atoms with Gasteiger partial charge < -0.3 is 18.9 Å². The van der Waals surface area contributed by atoms with Crippen LogP contribution in [-0.2, 0) is 42.9 Å². The summed E-state index contributed by atoms with van der Waals surface area (Å²) < 4.78 is 20.7. The fourth-order valence-electron chi connectivity index (χ4n) is 2.56. The van der Waals surface area contributed by atoms with Gasteiger partial charge in [0.2, 0.25) is 0 Å². The van der Waals surface area contributed by atoms with Crippen LogP contribution in [0.5, 0.6) is 0 Å². The number of nitrogens with zero attached hydrogens (tertiary/aromatic N) is 1. The van der Waals surface area contributed by atoms with Crippen molar-refractivity contribution in [1.82, 2.24) is 4.90 Å². The van der Waals surface area contributed by atoms with Gasteiger partial charge in [-0.05, 0) is 0 Å². The zero-order valence-corrected chi connectivity index (χ0v) is 13.8. The van der Waals surface area contributed by atoms with Crippen LogP contribution in [-0.4, -0.2) is 65.8 Å². The van der Waals surface area contributed by atoms with E-state index >= 15 is 0 Å². The molecule has 10 nitrogen and oxygen atoms in total. The van der Waals surface area contributed by atoms with Crippen LogP contribution in [0.2, 0.25) is 0 Å². The zero-order valence-electron chi connectivity index (χ0n) is 13.8. The molecule has 2 aliphatic rings. The lowest BCUT2D eigenvalue weighted by atomic mass is 10.1. The summed E-state index contributed by atoms with van der Waals surface area (Å²) in [5, 5.41) is 0. The maximum Gasteiger partial charge on any atom is 0.303 e. The van der Waals surface area contributed by atoms with E-state index in [1.807, 2.05) is 0 Å². The topological polar surface area (TPSA) is 126 Å². The Morgan fingerprint density at radius 3 is 1.96 bits per heavy atom. The van der Waals surface area contributed by atoms with Crippen molar-refractivity contribution in [3.05, 3.63) is 12.2 Å². The second kappa shape index (κ2) is 7.43. The molecule has 10 heteroatoms. The third-order valence-corrected chi connectivity index (χ3v) is 3.44. The summed E-state index contributed by atoms with van der Waals surface area (Å²) >= 11 is 0. The number of ether oxygens (including phenoxy) is 4. The normalized spacial score (nSPS) is 28.2. The summed E-state index contributed by atoms with van der Waals surface area (Å²) in [6, 6.07) is 0. The largest absolute Gasteiger partial charge is 0.463 e. The molecule has 2 rings (SSSR count). The third-order valence-electron chi connectivity index (χ3n) is 3.44. The predicted molar refractivity (Wildman–Crippen MR) is 77.4 cm³/mol. The number of amides is 2. The summed E-state index contributed by atoms with van der Waals surface area (Å²) in [6.07, 6.45) is -2.68. The van der Waals surface area contributed by atoms with E-state index in [2.05, 4.69) is 0 Å². The van der Waals surface area contributed by atoms with Crippen LogP contribution in [0.25, 0.3) is 0 Å². The molecule has 2 heterocycles. The summed E-state index contributed by atoms with van der Waals surface area (Å²) in [4.78, 5) is 58.4. The summed E-state index contributed by atoms with van der Waals surface area (Å²) in [7, 11) is 0. The zero-order chi connectivity index (χ0) is 18.7. The molecule has 0 aromatic carbocycles. The number of hydrogen-bond acceptors (Lipinski definition) is 9. The van der Waals surface area contributed by atoms with Gasteiger partial charge in [0.05, 0.1) is 0 Å². The van der Waals surface area contributed by atoms with E-state index in [9.17, 15) is 24.0 Å². The SMILES string of the molecule is CC(=O)OC[C@@H]1O[C@@H](N2C(=O)C=CC2=O)[C@@H](OC(C)=O)[C@@H]1OC(C)=O. The number of carbonyl (C=O) groups is 5. The molecule has 0 aliphatic carbocycles. The molecule has 0 N–H and O–H groups in total. The molecule has 0 unspecified atom stereocenters. The molecular formula is C15H17NO9. The van der Waals surface area contributed by atoms with Crippen LogP contribution in [0, 0.1) is 0 Å². The van der Waals surface area contributed by atoms with Crippen LogP contribution in [0.15, 0.2) is 12.2 Å². The van der Waals surface area contributed by atoms with E-state index in [-0.39, 0.29) is 6.61 Å². The van der Waals surface area contributed by atoms with Gasteiger partial charge in [0.1, 0.15) is 12.7 Å². The molecule has 2 aliphatic heterocycles. The first-order valence-corrected chi connectivity index (χ1v) is 7.39. The Morgan fingerprint density at radius 1 is 0.960 bits per heavy atom. The highest BCUT2D eigenvalue weighted by Crippen LogP contribution is 2.31. The second-order valence-electron chi connectivity index (χ2n) is 5.40. The fraction of sp³-hybridized carbons (Fsp3) is 0.533. The summed E-state index contributed by atoms with van der Waals surface area (Å²) in [5.41, 5.74) is 0. The van der Waals surface area contributed by atoms with Crippen molar-refractivity contribution in [3.63, 3.8) is 0 Å². The Hall–Kier alpha value is -2.75. The Balaban J connectivity index is 2.31. The van der Waals surface area contributed by atoms with Gasteiger partial charge in [-0.15, -0.1) is 0 Å². The maximum atomic E-state index is 11.9. The van der Waals surface area contributed by atoms with Crippen LogP contribution < -0.4 is 0 Å². The first kappa shape index (κ1) is 18.6. The van der Waals surface area contributed by atoms with Crippen molar-refractivity contribution >= 4 is 29.7 Å². The Bertz CT molecular complexity index is 623. The molecule has 0 radical (unpaired) electrons. The van der Waals surface area contributed by atoms with Crippen molar-refractivity contribution in [2.75, 3.05) is 6.61 Å². The van der Waals surface area contributed by atoms with Crippen LogP contribution in [0.4, 0.5) is 0 Å². The molecule has 0 saturated carbocycles. The van der Waals surface area contributed by atoms with E-state index in [0.717, 1.165) is 30.9 Å². The Morgan fingerprint density at radius 2 is 1.48 bits per heavy atom. The van der Waals surface area contributed by atoms with Gasteiger partial charge in [-0.25, -0.2) is 4.90 Å². The van der Waals surface area contributed by atoms with E-state index in [0.29, 0.717) is 0 Å². The first-order valence-electron chi connectivity index (χ1n) is 7.39. The Kier molecular flexibility index (Phi) is 5.52. The molecule has 1 saturated heterocycles. The lowest BCUT2D eigenvalue weighted by Crippen LogP contribution is -2.49. The maximum absolute atomic E-state index is 11.9. The number of hydrogen-bond donors (Lipinski definition) is 0.